The molecule has 0 aliphatic carbocycles. The van der Waals surface area contributed by atoms with Gasteiger partial charge >= 0.3 is 0 Å². The summed E-state index contributed by atoms with van der Waals surface area (Å²) in [5, 5.41) is 0. The second-order valence-electron chi connectivity index (χ2n) is 5.80. The molecule has 1 fully saturated rings. The van der Waals surface area contributed by atoms with Crippen LogP contribution in [0.4, 0.5) is 0 Å². The van der Waals surface area contributed by atoms with E-state index in [1.807, 2.05) is 23.1 Å². The lowest BCUT2D eigenvalue weighted by atomic mass is 9.82. The predicted molar refractivity (Wildman–Crippen MR) is 79.6 cm³/mol. The Morgan fingerprint density at radius 1 is 1.32 bits per heavy atom. The quantitative estimate of drug-likeness (QED) is 0.829. The molecule has 0 N–H and O–H groups in total. The Labute approximate surface area is 123 Å². The number of hydrogen-bond donors (Lipinski definition) is 0. The first-order chi connectivity index (χ1) is 8.93. The highest BCUT2D eigenvalue weighted by atomic mass is 79.9. The molecule has 0 saturated carbocycles. The Morgan fingerprint density at radius 3 is 2.47 bits per heavy atom. The molecule has 1 amide bonds. The number of piperidine rings is 1. The Bertz CT molecular complexity index is 475. The zero-order valence-electron chi connectivity index (χ0n) is 11.7. The van der Waals surface area contributed by atoms with Crippen LogP contribution in [0.2, 0.25) is 0 Å². The summed E-state index contributed by atoms with van der Waals surface area (Å²) in [7, 11) is 1.62. The molecule has 0 spiro atoms. The number of methoxy groups -OCH3 is 1. The molecule has 4 heteroatoms. The molecule has 0 radical (unpaired) electrons. The van der Waals surface area contributed by atoms with Crippen molar-refractivity contribution in [3.8, 4) is 5.75 Å². The summed E-state index contributed by atoms with van der Waals surface area (Å²) in [4.78, 5) is 14.4. The lowest BCUT2D eigenvalue weighted by molar-refractivity contribution is 0.0629. The van der Waals surface area contributed by atoms with Gasteiger partial charge in [0.1, 0.15) is 5.75 Å². The van der Waals surface area contributed by atoms with Gasteiger partial charge in [-0.1, -0.05) is 13.8 Å². The van der Waals surface area contributed by atoms with Gasteiger partial charge in [-0.05, 0) is 52.4 Å². The Morgan fingerprint density at radius 2 is 1.95 bits per heavy atom. The molecule has 19 heavy (non-hydrogen) atoms. The maximum absolute atomic E-state index is 12.5. The number of carbonyl (C=O) groups is 1. The molecule has 1 aliphatic rings. The molecule has 2 rings (SSSR count). The van der Waals surface area contributed by atoms with E-state index in [4.69, 9.17) is 4.74 Å². The van der Waals surface area contributed by atoms with Gasteiger partial charge < -0.3 is 9.64 Å². The molecule has 0 aromatic heterocycles. The lowest BCUT2D eigenvalue weighted by Gasteiger charge is -2.37. The number of benzene rings is 1. The van der Waals surface area contributed by atoms with Crippen LogP contribution in [0.1, 0.15) is 37.0 Å². The molecule has 1 heterocycles. The predicted octanol–water partition coefficient (Wildman–Crippen LogP) is 3.72. The minimum atomic E-state index is 0.102. The van der Waals surface area contributed by atoms with E-state index < -0.39 is 0 Å². The van der Waals surface area contributed by atoms with Crippen molar-refractivity contribution in [2.75, 3.05) is 20.2 Å². The lowest BCUT2D eigenvalue weighted by Crippen LogP contribution is -2.41. The second kappa shape index (κ2) is 5.53. The first kappa shape index (κ1) is 14.4. The molecule has 1 saturated heterocycles. The Hall–Kier alpha value is -1.03. The van der Waals surface area contributed by atoms with E-state index in [1.165, 1.54) is 0 Å². The average molecular weight is 326 g/mol. The summed E-state index contributed by atoms with van der Waals surface area (Å²) >= 11 is 3.45. The summed E-state index contributed by atoms with van der Waals surface area (Å²) < 4.78 is 5.94. The molecular formula is C15H20BrNO2. The third-order valence-corrected chi connectivity index (χ3v) is 4.47. The zero-order chi connectivity index (χ0) is 14.0. The second-order valence-corrected chi connectivity index (χ2v) is 6.66. The number of carbonyl (C=O) groups excluding carboxylic acids is 1. The van der Waals surface area contributed by atoms with Crippen LogP contribution in [0, 0.1) is 5.41 Å². The van der Waals surface area contributed by atoms with Crippen LogP contribution in [0.5, 0.6) is 5.75 Å². The fraction of sp³-hybridized carbons (Fsp3) is 0.533. The van der Waals surface area contributed by atoms with Crippen LogP contribution in [0.15, 0.2) is 22.7 Å². The number of ether oxygens (including phenoxy) is 1. The summed E-state index contributed by atoms with van der Waals surface area (Å²) in [6.07, 6.45) is 2.12. The summed E-state index contributed by atoms with van der Waals surface area (Å²) in [6, 6.07) is 5.48. The number of nitrogens with zero attached hydrogens (tertiary/aromatic N) is 1. The van der Waals surface area contributed by atoms with Gasteiger partial charge in [-0.25, -0.2) is 0 Å². The fourth-order valence-corrected chi connectivity index (χ4v) is 2.81. The van der Waals surface area contributed by atoms with Gasteiger partial charge in [0.2, 0.25) is 0 Å². The molecule has 1 aromatic rings. The van der Waals surface area contributed by atoms with Crippen molar-refractivity contribution in [2.24, 2.45) is 5.41 Å². The maximum atomic E-state index is 12.5. The molecular weight excluding hydrogens is 306 g/mol. The smallest absolute Gasteiger partial charge is 0.255 e. The van der Waals surface area contributed by atoms with Crippen LogP contribution in [-0.2, 0) is 0 Å². The molecule has 0 unspecified atom stereocenters. The topological polar surface area (TPSA) is 29.5 Å². The van der Waals surface area contributed by atoms with Crippen molar-refractivity contribution >= 4 is 21.8 Å². The fourth-order valence-electron chi connectivity index (χ4n) is 2.28. The van der Waals surface area contributed by atoms with E-state index in [0.717, 1.165) is 36.2 Å². The van der Waals surface area contributed by atoms with E-state index in [1.54, 1.807) is 7.11 Å². The van der Waals surface area contributed by atoms with Crippen molar-refractivity contribution in [1.82, 2.24) is 4.90 Å². The van der Waals surface area contributed by atoms with E-state index in [-0.39, 0.29) is 5.91 Å². The van der Waals surface area contributed by atoms with Gasteiger partial charge in [-0.15, -0.1) is 0 Å². The largest absolute Gasteiger partial charge is 0.497 e. The number of halogens is 1. The zero-order valence-corrected chi connectivity index (χ0v) is 13.3. The standard InChI is InChI=1S/C15H20BrNO2/c1-15(2)6-8-17(9-7-15)14(18)12-5-4-11(19-3)10-13(12)16/h4-5,10H,6-9H2,1-3H3. The van der Waals surface area contributed by atoms with Crippen LogP contribution in [-0.4, -0.2) is 31.0 Å². The Balaban J connectivity index is 2.12. The molecule has 3 nitrogen and oxygen atoms in total. The SMILES string of the molecule is COc1ccc(C(=O)N2CCC(C)(C)CC2)c(Br)c1. The van der Waals surface area contributed by atoms with Crippen molar-refractivity contribution in [1.29, 1.82) is 0 Å². The maximum Gasteiger partial charge on any atom is 0.255 e. The average Bonchev–Trinajstić information content (AvgIpc) is 2.37. The van der Waals surface area contributed by atoms with Crippen molar-refractivity contribution in [2.45, 2.75) is 26.7 Å². The van der Waals surface area contributed by atoms with E-state index in [0.29, 0.717) is 11.0 Å². The number of hydrogen-bond acceptors (Lipinski definition) is 2. The molecule has 0 atom stereocenters. The minimum Gasteiger partial charge on any atom is -0.497 e. The van der Waals surface area contributed by atoms with Crippen molar-refractivity contribution < 1.29 is 9.53 Å². The number of likely N-dealkylation sites (tertiary alicyclic amines) is 1. The highest BCUT2D eigenvalue weighted by molar-refractivity contribution is 9.10. The van der Waals surface area contributed by atoms with Gasteiger partial charge in [0, 0.05) is 17.6 Å². The molecule has 1 aliphatic heterocycles. The van der Waals surface area contributed by atoms with Gasteiger partial charge in [-0.3, -0.25) is 4.79 Å². The van der Waals surface area contributed by atoms with Gasteiger partial charge in [0.05, 0.1) is 12.7 Å². The van der Waals surface area contributed by atoms with E-state index >= 15 is 0 Å². The highest BCUT2D eigenvalue weighted by Gasteiger charge is 2.28. The van der Waals surface area contributed by atoms with Gasteiger partial charge in [0.25, 0.3) is 5.91 Å². The van der Waals surface area contributed by atoms with E-state index in [9.17, 15) is 4.79 Å². The van der Waals surface area contributed by atoms with Crippen LogP contribution in [0.25, 0.3) is 0 Å². The first-order valence-electron chi connectivity index (χ1n) is 6.56. The van der Waals surface area contributed by atoms with Crippen LogP contribution in [0.3, 0.4) is 0 Å². The monoisotopic (exact) mass is 325 g/mol. The van der Waals surface area contributed by atoms with Crippen LogP contribution < -0.4 is 4.74 Å². The van der Waals surface area contributed by atoms with Crippen molar-refractivity contribution in [3.05, 3.63) is 28.2 Å². The van der Waals surface area contributed by atoms with Crippen molar-refractivity contribution in [3.63, 3.8) is 0 Å². The summed E-state index contributed by atoms with van der Waals surface area (Å²) in [6.45, 7) is 6.20. The minimum absolute atomic E-state index is 0.102. The van der Waals surface area contributed by atoms with E-state index in [2.05, 4.69) is 29.8 Å². The normalized spacial score (nSPS) is 18.2. The first-order valence-corrected chi connectivity index (χ1v) is 7.35. The van der Waals surface area contributed by atoms with Gasteiger partial charge in [0.15, 0.2) is 0 Å². The number of amides is 1. The van der Waals surface area contributed by atoms with Crippen LogP contribution >= 0.6 is 15.9 Å². The third kappa shape index (κ3) is 3.30. The molecule has 104 valence electrons. The molecule has 1 aromatic carbocycles. The molecule has 0 bridgehead atoms. The Kier molecular flexibility index (Phi) is 4.19. The number of rotatable bonds is 2. The highest BCUT2D eigenvalue weighted by Crippen LogP contribution is 2.31. The summed E-state index contributed by atoms with van der Waals surface area (Å²) in [5.74, 6) is 0.855. The third-order valence-electron chi connectivity index (χ3n) is 3.81. The summed E-state index contributed by atoms with van der Waals surface area (Å²) in [5.41, 5.74) is 1.06. The van der Waals surface area contributed by atoms with Gasteiger partial charge in [-0.2, -0.15) is 0 Å².